The van der Waals surface area contributed by atoms with Crippen molar-refractivity contribution < 1.29 is 14.7 Å². The average molecular weight is 468 g/mol. The van der Waals surface area contributed by atoms with Gasteiger partial charge >= 0.3 is 5.97 Å². The van der Waals surface area contributed by atoms with Gasteiger partial charge in [0.05, 0.1) is 0 Å². The number of carboxylic acid groups (broad SMARTS) is 1. The summed E-state index contributed by atoms with van der Waals surface area (Å²) in [5.74, 6) is 1.25. The second-order valence-corrected chi connectivity index (χ2v) is 8.06. The van der Waals surface area contributed by atoms with Crippen LogP contribution < -0.4 is 5.32 Å². The lowest BCUT2D eigenvalue weighted by atomic mass is 9.77. The van der Waals surface area contributed by atoms with Crippen molar-refractivity contribution in [3.8, 4) is 12.0 Å². The van der Waals surface area contributed by atoms with Crippen LogP contribution in [0, 0.1) is 12.0 Å². The molecule has 3 aromatic carbocycles. The van der Waals surface area contributed by atoms with Crippen LogP contribution in [-0.4, -0.2) is 21.8 Å². The standard InChI is InChI=1S/C27H21N3O3S/c1-2-18-33-30-24(25(31)32)23-19-34-26(28-23)29-27(20-12-6-3-7-13-20,21-14-8-4-9-15-21)22-16-10-5-11-17-22/h3-17,19H,1H3,(H,28,29)(H,31,32). The molecule has 1 aromatic heterocycles. The van der Waals surface area contributed by atoms with Gasteiger partial charge in [-0.3, -0.25) is 0 Å². The molecule has 0 spiro atoms. The molecule has 0 aliphatic rings. The molecule has 2 N–H and O–H groups in total. The van der Waals surface area contributed by atoms with Gasteiger partial charge in [-0.05, 0) is 16.7 Å². The van der Waals surface area contributed by atoms with Gasteiger partial charge in [-0.25, -0.2) is 9.78 Å². The Hall–Kier alpha value is -4.41. The number of carboxylic acids is 1. The van der Waals surface area contributed by atoms with Gasteiger partial charge in [0, 0.05) is 12.3 Å². The van der Waals surface area contributed by atoms with Crippen molar-refractivity contribution in [1.29, 1.82) is 0 Å². The first-order valence-electron chi connectivity index (χ1n) is 10.4. The lowest BCUT2D eigenvalue weighted by molar-refractivity contribution is -0.129. The van der Waals surface area contributed by atoms with E-state index in [1.165, 1.54) is 11.3 Å². The number of nitrogens with one attached hydrogen (secondary N) is 1. The van der Waals surface area contributed by atoms with E-state index in [9.17, 15) is 9.90 Å². The fourth-order valence-corrected chi connectivity index (χ4v) is 4.44. The van der Waals surface area contributed by atoms with Crippen molar-refractivity contribution >= 4 is 28.1 Å². The highest BCUT2D eigenvalue weighted by atomic mass is 32.1. The lowest BCUT2D eigenvalue weighted by Crippen LogP contribution is -2.38. The Bertz CT molecular complexity index is 1240. The number of thiazole rings is 1. The zero-order valence-corrected chi connectivity index (χ0v) is 19.1. The molecule has 168 valence electrons. The number of hydrogen-bond donors (Lipinski definition) is 2. The highest BCUT2D eigenvalue weighted by molar-refractivity contribution is 7.14. The second-order valence-electron chi connectivity index (χ2n) is 7.20. The van der Waals surface area contributed by atoms with Crippen molar-refractivity contribution in [1.82, 2.24) is 4.98 Å². The first kappa shape index (κ1) is 22.8. The van der Waals surface area contributed by atoms with E-state index in [1.807, 2.05) is 54.6 Å². The van der Waals surface area contributed by atoms with Crippen LogP contribution >= 0.6 is 11.3 Å². The lowest BCUT2D eigenvalue weighted by Gasteiger charge is -2.36. The number of anilines is 1. The summed E-state index contributed by atoms with van der Waals surface area (Å²) in [4.78, 5) is 21.0. The molecule has 34 heavy (non-hydrogen) atoms. The highest BCUT2D eigenvalue weighted by Gasteiger charge is 2.37. The van der Waals surface area contributed by atoms with Crippen molar-refractivity contribution in [3.63, 3.8) is 0 Å². The normalized spacial score (nSPS) is 11.3. The Labute approximate surface area is 201 Å². The van der Waals surface area contributed by atoms with Crippen LogP contribution in [0.2, 0.25) is 0 Å². The topological polar surface area (TPSA) is 83.8 Å². The minimum absolute atomic E-state index is 0.181. The monoisotopic (exact) mass is 467 g/mol. The molecule has 6 nitrogen and oxygen atoms in total. The number of benzene rings is 3. The van der Waals surface area contributed by atoms with E-state index in [0.717, 1.165) is 16.7 Å². The maximum Gasteiger partial charge on any atom is 0.360 e. The minimum atomic E-state index is -1.25. The number of hydrogen-bond acceptors (Lipinski definition) is 6. The highest BCUT2D eigenvalue weighted by Crippen LogP contribution is 2.40. The van der Waals surface area contributed by atoms with Crippen LogP contribution in [0.15, 0.2) is 102 Å². The summed E-state index contributed by atoms with van der Waals surface area (Å²) >= 11 is 1.29. The molecule has 0 amide bonds. The van der Waals surface area contributed by atoms with E-state index >= 15 is 0 Å². The number of nitrogens with zero attached hydrogens (tertiary/aromatic N) is 2. The van der Waals surface area contributed by atoms with E-state index in [1.54, 1.807) is 12.3 Å². The molecule has 0 saturated carbocycles. The molecule has 0 atom stereocenters. The zero-order valence-electron chi connectivity index (χ0n) is 18.3. The van der Waals surface area contributed by atoms with E-state index in [0.29, 0.717) is 5.13 Å². The third-order valence-electron chi connectivity index (χ3n) is 5.15. The average Bonchev–Trinajstić information content (AvgIpc) is 3.34. The maximum atomic E-state index is 11.7. The van der Waals surface area contributed by atoms with Gasteiger partial charge in [0.2, 0.25) is 5.71 Å². The van der Waals surface area contributed by atoms with Crippen LogP contribution in [0.3, 0.4) is 0 Å². The third kappa shape index (κ3) is 4.68. The summed E-state index contributed by atoms with van der Waals surface area (Å²) in [6.07, 6.45) is 2.27. The Morgan fingerprint density at radius 1 is 0.941 bits per heavy atom. The van der Waals surface area contributed by atoms with Crippen molar-refractivity contribution in [2.75, 3.05) is 5.32 Å². The minimum Gasteiger partial charge on any atom is -0.476 e. The smallest absolute Gasteiger partial charge is 0.360 e. The molecule has 0 bridgehead atoms. The summed E-state index contributed by atoms with van der Waals surface area (Å²) in [7, 11) is 0. The van der Waals surface area contributed by atoms with E-state index in [4.69, 9.17) is 4.84 Å². The summed E-state index contributed by atoms with van der Waals surface area (Å²) in [6, 6.07) is 30.2. The largest absolute Gasteiger partial charge is 0.476 e. The number of oxime groups is 1. The van der Waals surface area contributed by atoms with Gasteiger partial charge in [-0.2, -0.15) is 0 Å². The molecule has 4 rings (SSSR count). The van der Waals surface area contributed by atoms with E-state index in [-0.39, 0.29) is 11.4 Å². The predicted molar refractivity (Wildman–Crippen MR) is 134 cm³/mol. The Morgan fingerprint density at radius 2 is 1.44 bits per heavy atom. The van der Waals surface area contributed by atoms with Crippen molar-refractivity contribution in [2.24, 2.45) is 5.16 Å². The number of carbonyl (C=O) groups is 1. The molecule has 0 radical (unpaired) electrons. The van der Waals surface area contributed by atoms with Crippen molar-refractivity contribution in [2.45, 2.75) is 12.5 Å². The zero-order chi connectivity index (χ0) is 23.8. The molecule has 0 saturated heterocycles. The molecular formula is C27H21N3O3S. The number of aromatic nitrogens is 1. The quantitative estimate of drug-likeness (QED) is 0.158. The Kier molecular flexibility index (Phi) is 7.01. The molecule has 1 heterocycles. The fourth-order valence-electron chi connectivity index (χ4n) is 3.69. The second kappa shape index (κ2) is 10.5. The molecule has 0 aliphatic heterocycles. The number of aliphatic carboxylic acids is 1. The first-order chi connectivity index (χ1) is 16.6. The summed E-state index contributed by atoms with van der Waals surface area (Å²) in [5.41, 5.74) is 2.12. The molecule has 0 aliphatic carbocycles. The molecule has 7 heteroatoms. The third-order valence-corrected chi connectivity index (χ3v) is 5.91. The molecular weight excluding hydrogens is 446 g/mol. The Morgan fingerprint density at radius 3 is 1.88 bits per heavy atom. The molecule has 0 fully saturated rings. The molecule has 4 aromatic rings. The van der Waals surface area contributed by atoms with Crippen molar-refractivity contribution in [3.05, 3.63) is 119 Å². The predicted octanol–water partition coefficient (Wildman–Crippen LogP) is 5.33. The maximum absolute atomic E-state index is 11.7. The van der Waals surface area contributed by atoms with Gasteiger partial charge in [0.15, 0.2) is 5.13 Å². The van der Waals surface area contributed by atoms with Gasteiger partial charge < -0.3 is 15.3 Å². The SMILES string of the molecule is CC#CON=C(C(=O)O)c1csc(NC(c2ccccc2)(c2ccccc2)c2ccccc2)n1. The summed E-state index contributed by atoms with van der Waals surface area (Å²) < 4.78 is 0. The number of rotatable bonds is 8. The van der Waals surface area contributed by atoms with E-state index < -0.39 is 11.5 Å². The van der Waals surface area contributed by atoms with Crippen LogP contribution in [0.5, 0.6) is 0 Å². The first-order valence-corrected chi connectivity index (χ1v) is 11.3. The van der Waals surface area contributed by atoms with Crippen LogP contribution in [0.4, 0.5) is 5.13 Å². The summed E-state index contributed by atoms with van der Waals surface area (Å²) in [5, 5.41) is 19.0. The fraction of sp³-hybridized carbons (Fsp3) is 0.0741. The van der Waals surface area contributed by atoms with Crippen LogP contribution in [0.25, 0.3) is 0 Å². The Balaban J connectivity index is 1.86. The van der Waals surface area contributed by atoms with Gasteiger partial charge in [0.1, 0.15) is 17.3 Å². The summed E-state index contributed by atoms with van der Waals surface area (Å²) in [6.45, 7) is 1.57. The molecule has 0 unspecified atom stereocenters. The van der Waals surface area contributed by atoms with Crippen LogP contribution in [0.1, 0.15) is 29.3 Å². The van der Waals surface area contributed by atoms with Crippen LogP contribution in [-0.2, 0) is 15.2 Å². The van der Waals surface area contributed by atoms with Gasteiger partial charge in [-0.1, -0.05) is 102 Å². The van der Waals surface area contributed by atoms with Gasteiger partial charge in [0.25, 0.3) is 0 Å². The van der Waals surface area contributed by atoms with E-state index in [2.05, 4.69) is 63.9 Å². The van der Waals surface area contributed by atoms with Gasteiger partial charge in [-0.15, -0.1) is 11.3 Å².